The first kappa shape index (κ1) is 22.1. The van der Waals surface area contributed by atoms with E-state index in [2.05, 4.69) is 4.98 Å². The molecule has 1 saturated heterocycles. The van der Waals surface area contributed by atoms with Crippen LogP contribution in [0, 0.1) is 6.92 Å². The summed E-state index contributed by atoms with van der Waals surface area (Å²) in [4.78, 5) is 31.8. The molecule has 0 bridgehead atoms. The van der Waals surface area contributed by atoms with Gasteiger partial charge in [-0.05, 0) is 36.2 Å². The predicted molar refractivity (Wildman–Crippen MR) is 123 cm³/mol. The van der Waals surface area contributed by atoms with E-state index < -0.39 is 17.7 Å². The van der Waals surface area contributed by atoms with Gasteiger partial charge in [0.15, 0.2) is 11.5 Å². The average molecular weight is 444 g/mol. The van der Waals surface area contributed by atoms with Crippen molar-refractivity contribution in [1.29, 1.82) is 0 Å². The van der Waals surface area contributed by atoms with Crippen LogP contribution in [0.2, 0.25) is 0 Å². The van der Waals surface area contributed by atoms with E-state index >= 15 is 0 Å². The number of carbonyl (C=O) groups is 2. The normalized spacial score (nSPS) is 17.3. The summed E-state index contributed by atoms with van der Waals surface area (Å²) in [7, 11) is 3.05. The van der Waals surface area contributed by atoms with Gasteiger partial charge in [0.25, 0.3) is 11.7 Å². The number of aliphatic hydroxyl groups excluding tert-OH is 1. The van der Waals surface area contributed by atoms with Gasteiger partial charge < -0.3 is 19.5 Å². The number of likely N-dealkylation sites (tertiary alicyclic amines) is 1. The van der Waals surface area contributed by atoms with E-state index in [0.717, 1.165) is 11.1 Å². The van der Waals surface area contributed by atoms with E-state index in [1.54, 1.807) is 48.8 Å². The summed E-state index contributed by atoms with van der Waals surface area (Å²) in [6.45, 7) is 2.09. The molecule has 4 rings (SSSR count). The van der Waals surface area contributed by atoms with Crippen molar-refractivity contribution in [3.05, 3.63) is 94.8 Å². The maximum Gasteiger partial charge on any atom is 0.295 e. The predicted octanol–water partition coefficient (Wildman–Crippen LogP) is 4.03. The highest BCUT2D eigenvalue weighted by Crippen LogP contribution is 2.42. The van der Waals surface area contributed by atoms with Gasteiger partial charge in [-0.3, -0.25) is 14.6 Å². The second kappa shape index (κ2) is 9.16. The van der Waals surface area contributed by atoms with Gasteiger partial charge in [-0.1, -0.05) is 42.0 Å². The molecule has 0 saturated carbocycles. The van der Waals surface area contributed by atoms with Gasteiger partial charge in [0.1, 0.15) is 5.76 Å². The molecular weight excluding hydrogens is 420 g/mol. The summed E-state index contributed by atoms with van der Waals surface area (Å²) in [6.07, 6.45) is 3.28. The Morgan fingerprint density at radius 1 is 1.03 bits per heavy atom. The van der Waals surface area contributed by atoms with Crippen LogP contribution in [0.3, 0.4) is 0 Å². The highest BCUT2D eigenvalue weighted by Gasteiger charge is 2.46. The Hall–Kier alpha value is -4.13. The van der Waals surface area contributed by atoms with Crippen molar-refractivity contribution in [2.45, 2.75) is 19.5 Å². The van der Waals surface area contributed by atoms with Crippen molar-refractivity contribution in [1.82, 2.24) is 9.88 Å². The number of ether oxygens (including phenoxy) is 2. The third-order valence-corrected chi connectivity index (χ3v) is 5.66. The van der Waals surface area contributed by atoms with Crippen LogP contribution in [-0.2, 0) is 16.1 Å². The lowest BCUT2D eigenvalue weighted by Crippen LogP contribution is -2.29. The molecule has 0 radical (unpaired) electrons. The Labute approximate surface area is 191 Å². The van der Waals surface area contributed by atoms with Crippen LogP contribution in [-0.4, -0.2) is 40.9 Å². The smallest absolute Gasteiger partial charge is 0.295 e. The first-order valence-corrected chi connectivity index (χ1v) is 10.4. The van der Waals surface area contributed by atoms with Gasteiger partial charge in [-0.25, -0.2) is 0 Å². The lowest BCUT2D eigenvalue weighted by molar-refractivity contribution is -0.140. The number of aryl methyl sites for hydroxylation is 1. The minimum absolute atomic E-state index is 0.0277. The van der Waals surface area contributed by atoms with Gasteiger partial charge in [-0.2, -0.15) is 0 Å². The van der Waals surface area contributed by atoms with E-state index in [4.69, 9.17) is 9.47 Å². The van der Waals surface area contributed by atoms with Crippen LogP contribution in [0.15, 0.2) is 72.6 Å². The molecule has 1 aromatic heterocycles. The zero-order valence-electron chi connectivity index (χ0n) is 18.6. The molecule has 1 fully saturated rings. The SMILES string of the molecule is COc1ccc([C@H]2C(=C(O)c3ccc(C)cc3)C(=O)C(=O)N2Cc2cccnc2)cc1OC. The van der Waals surface area contributed by atoms with Gasteiger partial charge in [0, 0.05) is 24.5 Å². The third kappa shape index (κ3) is 4.17. The van der Waals surface area contributed by atoms with E-state index in [9.17, 15) is 14.7 Å². The quantitative estimate of drug-likeness (QED) is 0.351. The number of nitrogens with zero attached hydrogens (tertiary/aromatic N) is 2. The average Bonchev–Trinajstić information content (AvgIpc) is 3.09. The number of aromatic nitrogens is 1. The Morgan fingerprint density at radius 2 is 1.76 bits per heavy atom. The van der Waals surface area contributed by atoms with E-state index in [-0.39, 0.29) is 17.9 Å². The molecule has 33 heavy (non-hydrogen) atoms. The lowest BCUT2D eigenvalue weighted by Gasteiger charge is -2.26. The van der Waals surface area contributed by atoms with Crippen molar-refractivity contribution in [3.63, 3.8) is 0 Å². The van der Waals surface area contributed by atoms with Crippen LogP contribution in [0.4, 0.5) is 0 Å². The third-order valence-electron chi connectivity index (χ3n) is 5.66. The summed E-state index contributed by atoms with van der Waals surface area (Å²) in [5.74, 6) is -0.674. The molecule has 7 heteroatoms. The monoisotopic (exact) mass is 444 g/mol. The second-order valence-corrected chi connectivity index (χ2v) is 7.77. The fourth-order valence-corrected chi connectivity index (χ4v) is 3.97. The van der Waals surface area contributed by atoms with Crippen LogP contribution in [0.1, 0.15) is 28.3 Å². The molecule has 1 aliphatic rings. The molecular formula is C26H24N2O5. The zero-order chi connectivity index (χ0) is 23.5. The van der Waals surface area contributed by atoms with Gasteiger partial charge in [-0.15, -0.1) is 0 Å². The van der Waals surface area contributed by atoms with E-state index in [1.807, 2.05) is 25.1 Å². The molecule has 1 N–H and O–H groups in total. The van der Waals surface area contributed by atoms with Crippen molar-refractivity contribution in [2.24, 2.45) is 0 Å². The fourth-order valence-electron chi connectivity index (χ4n) is 3.97. The molecule has 1 atom stereocenters. The number of benzene rings is 2. The molecule has 1 amide bonds. The maximum atomic E-state index is 13.2. The summed E-state index contributed by atoms with van der Waals surface area (Å²) in [6, 6.07) is 15.1. The number of hydrogen-bond acceptors (Lipinski definition) is 6. The zero-order valence-corrected chi connectivity index (χ0v) is 18.6. The van der Waals surface area contributed by atoms with Crippen LogP contribution >= 0.6 is 0 Å². The highest BCUT2D eigenvalue weighted by molar-refractivity contribution is 6.46. The Balaban J connectivity index is 1.89. The molecule has 0 unspecified atom stereocenters. The van der Waals surface area contributed by atoms with Gasteiger partial charge in [0.05, 0.1) is 25.8 Å². The summed E-state index contributed by atoms with van der Waals surface area (Å²) in [5, 5.41) is 11.2. The number of Topliss-reactive ketones (excluding diaryl/α,β-unsaturated/α-hetero) is 1. The largest absolute Gasteiger partial charge is 0.507 e. The summed E-state index contributed by atoms with van der Waals surface area (Å²) >= 11 is 0. The first-order chi connectivity index (χ1) is 15.9. The van der Waals surface area contributed by atoms with Crippen molar-refractivity contribution < 1.29 is 24.2 Å². The summed E-state index contributed by atoms with van der Waals surface area (Å²) in [5.41, 5.74) is 2.88. The van der Waals surface area contributed by atoms with Crippen molar-refractivity contribution >= 4 is 17.4 Å². The molecule has 2 heterocycles. The number of aliphatic hydroxyl groups is 1. The number of pyridine rings is 1. The molecule has 0 spiro atoms. The lowest BCUT2D eigenvalue weighted by atomic mass is 9.94. The van der Waals surface area contributed by atoms with Gasteiger partial charge >= 0.3 is 0 Å². The number of amides is 1. The Bertz CT molecular complexity index is 1220. The minimum Gasteiger partial charge on any atom is -0.507 e. The topological polar surface area (TPSA) is 89.0 Å². The molecule has 3 aromatic rings. The van der Waals surface area contributed by atoms with Crippen LogP contribution in [0.5, 0.6) is 11.5 Å². The number of hydrogen-bond donors (Lipinski definition) is 1. The second-order valence-electron chi connectivity index (χ2n) is 7.77. The van der Waals surface area contributed by atoms with Crippen molar-refractivity contribution in [2.75, 3.05) is 14.2 Å². The number of methoxy groups -OCH3 is 2. The Morgan fingerprint density at radius 3 is 2.39 bits per heavy atom. The minimum atomic E-state index is -0.814. The van der Waals surface area contributed by atoms with Crippen LogP contribution < -0.4 is 9.47 Å². The molecule has 0 aliphatic carbocycles. The van der Waals surface area contributed by atoms with E-state index in [1.165, 1.54) is 19.1 Å². The molecule has 1 aliphatic heterocycles. The van der Waals surface area contributed by atoms with Gasteiger partial charge in [0.2, 0.25) is 0 Å². The first-order valence-electron chi connectivity index (χ1n) is 10.4. The molecule has 168 valence electrons. The number of rotatable bonds is 6. The fraction of sp³-hybridized carbons (Fsp3) is 0.192. The van der Waals surface area contributed by atoms with E-state index in [0.29, 0.717) is 22.6 Å². The number of ketones is 1. The van der Waals surface area contributed by atoms with Crippen LogP contribution in [0.25, 0.3) is 5.76 Å². The molecule has 7 nitrogen and oxygen atoms in total. The summed E-state index contributed by atoms with van der Waals surface area (Å²) < 4.78 is 10.8. The standard InChI is InChI=1S/C26H24N2O5/c1-16-6-8-18(9-7-16)24(29)22-23(19-10-11-20(32-2)21(13-19)33-3)28(26(31)25(22)30)15-17-5-4-12-27-14-17/h4-14,23,29H,15H2,1-3H3/t23-/m0/s1. The highest BCUT2D eigenvalue weighted by atomic mass is 16.5. The molecule has 2 aromatic carbocycles. The maximum absolute atomic E-state index is 13.2. The Kier molecular flexibility index (Phi) is 6.13. The van der Waals surface area contributed by atoms with Crippen molar-refractivity contribution in [3.8, 4) is 11.5 Å². The number of carbonyl (C=O) groups excluding carboxylic acids is 2.